The number of aromatic nitrogens is 3. The molecule has 2 heterocycles. The van der Waals surface area contributed by atoms with Gasteiger partial charge in [0.15, 0.2) is 5.78 Å². The van der Waals surface area contributed by atoms with Gasteiger partial charge in [-0.3, -0.25) is 9.89 Å². The first-order chi connectivity index (χ1) is 11.7. The number of ketones is 1. The molecule has 0 aliphatic rings. The van der Waals surface area contributed by atoms with E-state index in [0.717, 1.165) is 4.88 Å². The molecule has 0 saturated carbocycles. The van der Waals surface area contributed by atoms with E-state index in [1.165, 1.54) is 11.8 Å². The Kier molecular flexibility index (Phi) is 5.21. The lowest BCUT2D eigenvalue weighted by atomic mass is 10.1. The van der Waals surface area contributed by atoms with Crippen LogP contribution in [0.15, 0.2) is 46.9 Å². The molecule has 0 atom stereocenters. The Labute approximate surface area is 147 Å². The van der Waals surface area contributed by atoms with Crippen LogP contribution in [0, 0.1) is 11.3 Å². The Morgan fingerprint density at radius 1 is 1.29 bits per heavy atom. The van der Waals surface area contributed by atoms with Crippen molar-refractivity contribution in [1.29, 1.82) is 5.26 Å². The van der Waals surface area contributed by atoms with Gasteiger partial charge in [0.25, 0.3) is 0 Å². The number of carbonyl (C=O) groups excluding carboxylic acids is 1. The summed E-state index contributed by atoms with van der Waals surface area (Å²) < 4.78 is 0. The number of aromatic amines is 1. The predicted molar refractivity (Wildman–Crippen MR) is 95.8 cm³/mol. The van der Waals surface area contributed by atoms with E-state index in [1.807, 2.05) is 35.7 Å². The van der Waals surface area contributed by atoms with Crippen molar-refractivity contribution in [2.45, 2.75) is 5.16 Å². The standard InChI is InChI=1S/C17H12N4OS2/c18-10-12-3-5-13(6-4-12)15(22)11-24-17-19-16(20-21-17)8-7-14-2-1-9-23-14/h1-9H,11H2,(H,19,20,21)/b8-7+. The van der Waals surface area contributed by atoms with Crippen molar-refractivity contribution in [2.75, 3.05) is 5.75 Å². The molecule has 7 heteroatoms. The van der Waals surface area contributed by atoms with E-state index in [0.29, 0.717) is 22.1 Å². The topological polar surface area (TPSA) is 82.4 Å². The molecule has 118 valence electrons. The van der Waals surface area contributed by atoms with Crippen molar-refractivity contribution >= 4 is 41.0 Å². The van der Waals surface area contributed by atoms with Crippen LogP contribution in [0.4, 0.5) is 0 Å². The number of carbonyl (C=O) groups is 1. The highest BCUT2D eigenvalue weighted by atomic mass is 32.2. The summed E-state index contributed by atoms with van der Waals surface area (Å²) in [6.07, 6.45) is 3.81. The zero-order valence-electron chi connectivity index (χ0n) is 12.5. The maximum absolute atomic E-state index is 12.1. The number of Topliss-reactive ketones (excluding diaryl/α,β-unsaturated/α-hetero) is 1. The third-order valence-electron chi connectivity index (χ3n) is 3.10. The number of nitrogens with zero attached hydrogens (tertiary/aromatic N) is 3. The number of benzene rings is 1. The molecule has 24 heavy (non-hydrogen) atoms. The summed E-state index contributed by atoms with van der Waals surface area (Å²) in [4.78, 5) is 17.6. The molecule has 0 unspecified atom stereocenters. The average molecular weight is 352 g/mol. The van der Waals surface area contributed by atoms with Gasteiger partial charge < -0.3 is 0 Å². The lowest BCUT2D eigenvalue weighted by Gasteiger charge is -1.98. The second-order valence-electron chi connectivity index (χ2n) is 4.75. The molecule has 0 radical (unpaired) electrons. The zero-order chi connectivity index (χ0) is 16.8. The van der Waals surface area contributed by atoms with Gasteiger partial charge in [-0.25, -0.2) is 4.98 Å². The van der Waals surface area contributed by atoms with E-state index in [2.05, 4.69) is 15.2 Å². The molecule has 2 aromatic heterocycles. The number of nitrogens with one attached hydrogen (secondary N) is 1. The van der Waals surface area contributed by atoms with Gasteiger partial charge in [-0.1, -0.05) is 30.0 Å². The predicted octanol–water partition coefficient (Wildman–Crippen LogP) is 3.88. The van der Waals surface area contributed by atoms with Crippen LogP contribution in [0.5, 0.6) is 0 Å². The second-order valence-corrected chi connectivity index (χ2v) is 6.67. The number of thiophene rings is 1. The Balaban J connectivity index is 1.56. The van der Waals surface area contributed by atoms with Crippen LogP contribution >= 0.6 is 23.1 Å². The third kappa shape index (κ3) is 4.19. The van der Waals surface area contributed by atoms with E-state index < -0.39 is 0 Å². The first-order valence-electron chi connectivity index (χ1n) is 7.05. The van der Waals surface area contributed by atoms with Crippen molar-refractivity contribution < 1.29 is 4.79 Å². The highest BCUT2D eigenvalue weighted by Crippen LogP contribution is 2.17. The molecule has 5 nitrogen and oxygen atoms in total. The summed E-state index contributed by atoms with van der Waals surface area (Å²) in [5.41, 5.74) is 1.12. The van der Waals surface area contributed by atoms with Gasteiger partial charge in [0.1, 0.15) is 5.82 Å². The van der Waals surface area contributed by atoms with E-state index in [1.54, 1.807) is 35.6 Å². The summed E-state index contributed by atoms with van der Waals surface area (Å²) in [5.74, 6) is 0.874. The number of hydrogen-bond donors (Lipinski definition) is 1. The fourth-order valence-corrected chi connectivity index (χ4v) is 3.21. The molecule has 3 aromatic rings. The van der Waals surface area contributed by atoms with E-state index in [-0.39, 0.29) is 11.5 Å². The quantitative estimate of drug-likeness (QED) is 0.538. The maximum atomic E-state index is 12.1. The van der Waals surface area contributed by atoms with Crippen molar-refractivity contribution in [1.82, 2.24) is 15.2 Å². The molecule has 3 rings (SSSR count). The van der Waals surface area contributed by atoms with Crippen molar-refractivity contribution in [3.63, 3.8) is 0 Å². The minimum atomic E-state index is -0.0232. The largest absolute Gasteiger partial charge is 0.293 e. The summed E-state index contributed by atoms with van der Waals surface area (Å²) in [7, 11) is 0. The monoisotopic (exact) mass is 352 g/mol. The number of hydrogen-bond acceptors (Lipinski definition) is 6. The van der Waals surface area contributed by atoms with Crippen LogP contribution in [-0.4, -0.2) is 26.7 Å². The van der Waals surface area contributed by atoms with Crippen LogP contribution in [0.2, 0.25) is 0 Å². The first kappa shape index (κ1) is 16.2. The molecule has 0 amide bonds. The van der Waals surface area contributed by atoms with Gasteiger partial charge in [-0.2, -0.15) is 5.26 Å². The van der Waals surface area contributed by atoms with Crippen LogP contribution in [0.1, 0.15) is 26.6 Å². The maximum Gasteiger partial charge on any atom is 0.209 e. The van der Waals surface area contributed by atoms with Crippen LogP contribution in [-0.2, 0) is 0 Å². The Morgan fingerprint density at radius 3 is 2.83 bits per heavy atom. The fourth-order valence-electron chi connectivity index (χ4n) is 1.89. The summed E-state index contributed by atoms with van der Waals surface area (Å²) in [6, 6.07) is 12.6. The smallest absolute Gasteiger partial charge is 0.209 e. The summed E-state index contributed by atoms with van der Waals surface area (Å²) in [6.45, 7) is 0. The highest BCUT2D eigenvalue weighted by Gasteiger charge is 2.09. The number of H-pyrrole nitrogens is 1. The molecule has 0 fully saturated rings. The van der Waals surface area contributed by atoms with Crippen LogP contribution in [0.25, 0.3) is 12.2 Å². The molecule has 0 spiro atoms. The lowest BCUT2D eigenvalue weighted by molar-refractivity contribution is 0.102. The van der Waals surface area contributed by atoms with E-state index in [4.69, 9.17) is 5.26 Å². The van der Waals surface area contributed by atoms with Gasteiger partial charge in [0.2, 0.25) is 5.16 Å². The normalized spacial score (nSPS) is 10.8. The van der Waals surface area contributed by atoms with Crippen molar-refractivity contribution in [3.8, 4) is 6.07 Å². The zero-order valence-corrected chi connectivity index (χ0v) is 14.1. The molecule has 0 aliphatic carbocycles. The fraction of sp³-hybridized carbons (Fsp3) is 0.0588. The Hall–Kier alpha value is -2.69. The molecule has 0 aliphatic heterocycles. The number of nitriles is 1. The van der Waals surface area contributed by atoms with Crippen molar-refractivity contribution in [2.24, 2.45) is 0 Å². The Bertz CT molecular complexity index is 890. The number of rotatable bonds is 6. The second kappa shape index (κ2) is 7.73. The summed E-state index contributed by atoms with van der Waals surface area (Å²) >= 11 is 2.92. The first-order valence-corrected chi connectivity index (χ1v) is 8.91. The van der Waals surface area contributed by atoms with Crippen molar-refractivity contribution in [3.05, 3.63) is 63.6 Å². The molecule has 1 aromatic carbocycles. The molecular formula is C17H12N4OS2. The molecular weight excluding hydrogens is 340 g/mol. The minimum absolute atomic E-state index is 0.0232. The lowest BCUT2D eigenvalue weighted by Crippen LogP contribution is -2.02. The van der Waals surface area contributed by atoms with Gasteiger partial charge >= 0.3 is 0 Å². The third-order valence-corrected chi connectivity index (χ3v) is 4.78. The Morgan fingerprint density at radius 2 is 2.12 bits per heavy atom. The minimum Gasteiger partial charge on any atom is -0.293 e. The van der Waals surface area contributed by atoms with Gasteiger partial charge in [0.05, 0.1) is 17.4 Å². The van der Waals surface area contributed by atoms with Gasteiger partial charge in [-0.15, -0.1) is 16.4 Å². The van der Waals surface area contributed by atoms with Gasteiger partial charge in [-0.05, 0) is 35.7 Å². The molecule has 1 N–H and O–H groups in total. The SMILES string of the molecule is N#Cc1ccc(C(=O)CSc2n[nH]c(/C=C/c3cccs3)n2)cc1. The van der Waals surface area contributed by atoms with E-state index in [9.17, 15) is 4.79 Å². The average Bonchev–Trinajstić information content (AvgIpc) is 3.29. The summed E-state index contributed by atoms with van der Waals surface area (Å²) in [5, 5.41) is 18.2. The molecule has 0 saturated heterocycles. The molecule has 0 bridgehead atoms. The van der Waals surface area contributed by atoms with Crippen LogP contribution < -0.4 is 0 Å². The van der Waals surface area contributed by atoms with E-state index >= 15 is 0 Å². The number of thioether (sulfide) groups is 1. The van der Waals surface area contributed by atoms with Gasteiger partial charge in [0, 0.05) is 10.4 Å². The highest BCUT2D eigenvalue weighted by molar-refractivity contribution is 7.99. The van der Waals surface area contributed by atoms with Crippen LogP contribution in [0.3, 0.4) is 0 Å².